The average molecular weight is 431 g/mol. The Labute approximate surface area is 181 Å². The molecule has 11 heteroatoms. The number of urea groups is 1. The van der Waals surface area contributed by atoms with Gasteiger partial charge in [0.05, 0.1) is 24.9 Å². The number of hydrogen-bond donors (Lipinski definition) is 2. The van der Waals surface area contributed by atoms with E-state index in [1.54, 1.807) is 31.4 Å². The molecule has 11 nitrogen and oxygen atoms in total. The molecule has 1 aromatic heterocycles. The summed E-state index contributed by atoms with van der Waals surface area (Å²) < 4.78 is 5.27. The Bertz CT molecular complexity index is 1260. The lowest BCUT2D eigenvalue weighted by molar-refractivity contribution is -0.384. The van der Waals surface area contributed by atoms with E-state index in [0.29, 0.717) is 28.7 Å². The van der Waals surface area contributed by atoms with E-state index in [2.05, 4.69) is 25.3 Å². The molecule has 2 N–H and O–H groups in total. The molecule has 0 bridgehead atoms. The smallest absolute Gasteiger partial charge is 0.324 e. The number of methoxy groups -OCH3 is 1. The number of nitro benzene ring substituents is 1. The molecule has 1 atom stereocenters. The van der Waals surface area contributed by atoms with Gasteiger partial charge in [-0.15, -0.1) is 0 Å². The topological polar surface area (TPSA) is 138 Å². The Hall–Kier alpha value is -4.54. The molecule has 2 aliphatic heterocycles. The zero-order valence-corrected chi connectivity index (χ0v) is 16.8. The quantitative estimate of drug-likeness (QED) is 0.472. The minimum absolute atomic E-state index is 0.0210. The first-order valence-corrected chi connectivity index (χ1v) is 9.65. The minimum atomic E-state index is -1.17. The highest BCUT2D eigenvalue weighted by molar-refractivity contribution is 6.15. The summed E-state index contributed by atoms with van der Waals surface area (Å²) in [5.74, 6) is 1.56. The van der Waals surface area contributed by atoms with Crippen molar-refractivity contribution in [2.24, 2.45) is 9.98 Å². The van der Waals surface area contributed by atoms with Gasteiger partial charge in [0.15, 0.2) is 17.2 Å². The van der Waals surface area contributed by atoms with Crippen LogP contribution in [0.3, 0.4) is 0 Å². The minimum Gasteiger partial charge on any atom is -0.497 e. The number of ether oxygens (including phenoxy) is 1. The molecule has 1 fully saturated rings. The van der Waals surface area contributed by atoms with Crippen molar-refractivity contribution in [3.63, 3.8) is 0 Å². The Balaban J connectivity index is 1.60. The van der Waals surface area contributed by atoms with Crippen LogP contribution in [0.2, 0.25) is 0 Å². The first-order chi connectivity index (χ1) is 15.5. The third kappa shape index (κ3) is 2.90. The number of fused-ring (bicyclic) bond motifs is 3. The second kappa shape index (κ2) is 7.30. The number of aromatic nitrogens is 2. The zero-order valence-electron chi connectivity index (χ0n) is 16.8. The fourth-order valence-corrected chi connectivity index (χ4v) is 3.95. The van der Waals surface area contributed by atoms with Crippen LogP contribution in [0.1, 0.15) is 16.8 Å². The number of rotatable bonds is 5. The monoisotopic (exact) mass is 431 g/mol. The van der Waals surface area contributed by atoms with Crippen molar-refractivity contribution in [3.05, 3.63) is 81.8 Å². The first kappa shape index (κ1) is 19.4. The van der Waals surface area contributed by atoms with Gasteiger partial charge in [0, 0.05) is 12.1 Å². The fourth-order valence-electron chi connectivity index (χ4n) is 3.95. The van der Waals surface area contributed by atoms with Crippen LogP contribution in [0.5, 0.6) is 5.75 Å². The van der Waals surface area contributed by atoms with Crippen LogP contribution in [0.15, 0.2) is 64.8 Å². The van der Waals surface area contributed by atoms with Crippen molar-refractivity contribution >= 4 is 29.7 Å². The van der Waals surface area contributed by atoms with Gasteiger partial charge in [-0.25, -0.2) is 19.8 Å². The summed E-state index contributed by atoms with van der Waals surface area (Å²) >= 11 is 0. The Morgan fingerprint density at radius 3 is 2.59 bits per heavy atom. The maximum atomic E-state index is 13.2. The summed E-state index contributed by atoms with van der Waals surface area (Å²) in [5, 5.41) is 14.0. The van der Waals surface area contributed by atoms with Gasteiger partial charge in [-0.1, -0.05) is 24.3 Å². The lowest BCUT2D eigenvalue weighted by Gasteiger charge is -2.28. The number of aliphatic imine (C=N–C) groups is 2. The van der Waals surface area contributed by atoms with Crippen LogP contribution in [0.25, 0.3) is 0 Å². The molecular weight excluding hydrogens is 414 g/mol. The van der Waals surface area contributed by atoms with E-state index < -0.39 is 10.5 Å². The SMILES string of the molecule is COc1ccc(C23NC(=O)N(Cc4ccc([N+](=O)[O-])cc4)C2=NC=Nc2[nH]cnc23)cc1. The third-order valence-electron chi connectivity index (χ3n) is 5.48. The van der Waals surface area contributed by atoms with E-state index in [-0.39, 0.29) is 18.3 Å². The molecule has 0 saturated carbocycles. The summed E-state index contributed by atoms with van der Waals surface area (Å²) in [4.78, 5) is 41.4. The van der Waals surface area contributed by atoms with Crippen LogP contribution in [-0.4, -0.2) is 45.1 Å². The van der Waals surface area contributed by atoms with Crippen molar-refractivity contribution in [3.8, 4) is 5.75 Å². The standard InChI is InChI=1S/C21H17N7O4/c1-32-16-8-4-14(5-9-16)21-17-18(23-11-22-17)24-12-25-19(21)27(20(29)26-21)10-13-2-6-15(7-3-13)28(30)31/h2-9,11-12H,10H2,1H3,(H,22,23)(H,26,29). The number of amides is 2. The van der Waals surface area contributed by atoms with Crippen molar-refractivity contribution in [1.82, 2.24) is 20.2 Å². The number of nitro groups is 1. The van der Waals surface area contributed by atoms with Crippen molar-refractivity contribution in [2.45, 2.75) is 12.1 Å². The highest BCUT2D eigenvalue weighted by Gasteiger charge is 2.54. The highest BCUT2D eigenvalue weighted by atomic mass is 16.6. The number of hydrogen-bond acceptors (Lipinski definition) is 7. The molecule has 0 radical (unpaired) electrons. The number of carbonyl (C=O) groups is 1. The van der Waals surface area contributed by atoms with E-state index in [4.69, 9.17) is 4.74 Å². The van der Waals surface area contributed by atoms with Crippen molar-refractivity contribution in [2.75, 3.05) is 7.11 Å². The van der Waals surface area contributed by atoms with E-state index >= 15 is 0 Å². The number of benzene rings is 2. The van der Waals surface area contributed by atoms with Gasteiger partial charge >= 0.3 is 6.03 Å². The summed E-state index contributed by atoms with van der Waals surface area (Å²) in [7, 11) is 1.58. The van der Waals surface area contributed by atoms with Crippen molar-refractivity contribution in [1.29, 1.82) is 0 Å². The Morgan fingerprint density at radius 2 is 1.91 bits per heavy atom. The second-order valence-electron chi connectivity index (χ2n) is 7.22. The molecule has 2 aliphatic rings. The van der Waals surface area contributed by atoms with Gasteiger partial charge in [-0.3, -0.25) is 15.0 Å². The molecular formula is C21H17N7O4. The van der Waals surface area contributed by atoms with E-state index in [0.717, 1.165) is 5.56 Å². The van der Waals surface area contributed by atoms with Gasteiger partial charge in [0.25, 0.3) is 5.69 Å². The van der Waals surface area contributed by atoms with Gasteiger partial charge < -0.3 is 15.0 Å². The maximum absolute atomic E-state index is 13.2. The van der Waals surface area contributed by atoms with Gasteiger partial charge in [-0.05, 0) is 23.3 Å². The lowest BCUT2D eigenvalue weighted by atomic mass is 9.85. The second-order valence-corrected chi connectivity index (χ2v) is 7.22. The molecule has 2 aromatic carbocycles. The summed E-state index contributed by atoms with van der Waals surface area (Å²) in [6, 6.07) is 12.9. The fraction of sp³-hybridized carbons (Fsp3) is 0.143. The van der Waals surface area contributed by atoms with Gasteiger partial charge in [-0.2, -0.15) is 0 Å². The number of carbonyl (C=O) groups excluding carboxylic acids is 1. The van der Waals surface area contributed by atoms with E-state index in [1.807, 2.05) is 12.1 Å². The lowest BCUT2D eigenvalue weighted by Crippen LogP contribution is -2.45. The van der Waals surface area contributed by atoms with E-state index in [1.165, 1.54) is 29.7 Å². The molecule has 160 valence electrons. The highest BCUT2D eigenvalue weighted by Crippen LogP contribution is 2.41. The molecule has 1 unspecified atom stereocenters. The molecule has 5 rings (SSSR count). The first-order valence-electron chi connectivity index (χ1n) is 9.65. The summed E-state index contributed by atoms with van der Waals surface area (Å²) in [5.41, 5.74) is 0.760. The molecule has 0 spiro atoms. The van der Waals surface area contributed by atoms with Crippen LogP contribution in [0.4, 0.5) is 16.3 Å². The number of aromatic amines is 1. The largest absolute Gasteiger partial charge is 0.497 e. The molecule has 3 heterocycles. The van der Waals surface area contributed by atoms with Gasteiger partial charge in [0.1, 0.15) is 17.8 Å². The summed E-state index contributed by atoms with van der Waals surface area (Å²) in [6.07, 6.45) is 2.89. The molecule has 1 saturated heterocycles. The Morgan fingerprint density at radius 1 is 1.16 bits per heavy atom. The third-order valence-corrected chi connectivity index (χ3v) is 5.48. The Kier molecular flexibility index (Phi) is 4.43. The molecule has 2 amide bonds. The maximum Gasteiger partial charge on any atom is 0.324 e. The van der Waals surface area contributed by atoms with Crippen LogP contribution in [-0.2, 0) is 12.1 Å². The zero-order chi connectivity index (χ0) is 22.3. The van der Waals surface area contributed by atoms with Crippen molar-refractivity contribution < 1.29 is 14.5 Å². The molecule has 0 aliphatic carbocycles. The van der Waals surface area contributed by atoms with E-state index in [9.17, 15) is 14.9 Å². The van der Waals surface area contributed by atoms with Gasteiger partial charge in [0.2, 0.25) is 0 Å². The number of nitrogens with one attached hydrogen (secondary N) is 2. The number of imidazole rings is 1. The predicted octanol–water partition coefficient (Wildman–Crippen LogP) is 2.87. The number of H-pyrrole nitrogens is 1. The molecule has 3 aromatic rings. The normalized spacial score (nSPS) is 19.0. The molecule has 32 heavy (non-hydrogen) atoms. The van der Waals surface area contributed by atoms with Crippen LogP contribution < -0.4 is 10.1 Å². The number of amidine groups is 1. The van der Waals surface area contributed by atoms with Crippen LogP contribution >= 0.6 is 0 Å². The van der Waals surface area contributed by atoms with Crippen LogP contribution in [0, 0.1) is 10.1 Å². The predicted molar refractivity (Wildman–Crippen MR) is 115 cm³/mol. The number of nitrogens with zero attached hydrogens (tertiary/aromatic N) is 5. The average Bonchev–Trinajstić information content (AvgIpc) is 3.34. The summed E-state index contributed by atoms with van der Waals surface area (Å²) in [6.45, 7) is 0.161. The number of non-ortho nitro benzene ring substituents is 1.